The quantitative estimate of drug-likeness (QED) is 0.612. The zero-order valence-corrected chi connectivity index (χ0v) is 10.3. The zero-order valence-electron chi connectivity index (χ0n) is 8.67. The van der Waals surface area contributed by atoms with E-state index in [4.69, 9.17) is 9.47 Å². The Balaban J connectivity index is 2.93. The highest BCUT2D eigenvalue weighted by atomic mass is 79.9. The fraction of sp³-hybridized carbons (Fsp3) is 0.500. The lowest BCUT2D eigenvalue weighted by atomic mass is 10.2. The number of hydrogen-bond acceptors (Lipinski definition) is 3. The standard InChI is InChI=1S/C10H13BrFNO2/c1-3-14-10(15-4-2)8-5-7(11)6-13-9(8)12/h5-6,10H,3-4H2,1-2H3. The predicted octanol–water partition coefficient (Wildman–Crippen LogP) is 3.05. The molecule has 0 radical (unpaired) electrons. The van der Waals surface area contributed by atoms with Gasteiger partial charge in [-0.25, -0.2) is 4.98 Å². The first-order chi connectivity index (χ1) is 7.19. The van der Waals surface area contributed by atoms with Crippen molar-refractivity contribution < 1.29 is 13.9 Å². The van der Waals surface area contributed by atoms with Crippen molar-refractivity contribution in [3.8, 4) is 0 Å². The second-order valence-corrected chi connectivity index (χ2v) is 3.69. The van der Waals surface area contributed by atoms with E-state index in [2.05, 4.69) is 20.9 Å². The maximum atomic E-state index is 13.4. The third kappa shape index (κ3) is 3.52. The van der Waals surface area contributed by atoms with Gasteiger partial charge in [-0.1, -0.05) is 0 Å². The van der Waals surface area contributed by atoms with E-state index in [1.807, 2.05) is 13.8 Å². The summed E-state index contributed by atoms with van der Waals surface area (Å²) in [6, 6.07) is 1.61. The third-order valence-electron chi connectivity index (χ3n) is 1.72. The highest BCUT2D eigenvalue weighted by molar-refractivity contribution is 9.10. The van der Waals surface area contributed by atoms with Gasteiger partial charge in [0.25, 0.3) is 0 Å². The van der Waals surface area contributed by atoms with E-state index < -0.39 is 12.2 Å². The summed E-state index contributed by atoms with van der Waals surface area (Å²) in [6.45, 7) is 4.57. The Morgan fingerprint density at radius 3 is 2.53 bits per heavy atom. The van der Waals surface area contributed by atoms with Crippen LogP contribution in [-0.4, -0.2) is 18.2 Å². The highest BCUT2D eigenvalue weighted by Gasteiger charge is 2.17. The molecule has 0 saturated heterocycles. The molecule has 1 aromatic rings. The summed E-state index contributed by atoms with van der Waals surface area (Å²) < 4.78 is 24.6. The molecule has 0 aliphatic rings. The van der Waals surface area contributed by atoms with Gasteiger partial charge in [0.05, 0.1) is 5.56 Å². The summed E-state index contributed by atoms with van der Waals surface area (Å²) in [5.74, 6) is -0.565. The van der Waals surface area contributed by atoms with Crippen LogP contribution in [0.2, 0.25) is 0 Å². The van der Waals surface area contributed by atoms with Gasteiger partial charge in [0.15, 0.2) is 6.29 Å². The molecule has 0 bridgehead atoms. The molecule has 0 aliphatic heterocycles. The van der Waals surface area contributed by atoms with E-state index in [-0.39, 0.29) is 0 Å². The summed E-state index contributed by atoms with van der Waals surface area (Å²) in [4.78, 5) is 3.59. The minimum atomic E-state index is -0.690. The van der Waals surface area contributed by atoms with Crippen LogP contribution < -0.4 is 0 Å². The molecule has 0 unspecified atom stereocenters. The molecule has 0 amide bonds. The van der Waals surface area contributed by atoms with Crippen molar-refractivity contribution in [2.75, 3.05) is 13.2 Å². The molecule has 84 valence electrons. The summed E-state index contributed by atoms with van der Waals surface area (Å²) in [5, 5.41) is 0. The van der Waals surface area contributed by atoms with Gasteiger partial charge in [0.1, 0.15) is 0 Å². The summed E-state index contributed by atoms with van der Waals surface area (Å²) in [6.07, 6.45) is 0.707. The fourth-order valence-electron chi connectivity index (χ4n) is 1.13. The van der Waals surface area contributed by atoms with Gasteiger partial charge < -0.3 is 9.47 Å². The van der Waals surface area contributed by atoms with Crippen LogP contribution in [0.1, 0.15) is 25.7 Å². The van der Waals surface area contributed by atoms with Crippen LogP contribution in [0.15, 0.2) is 16.7 Å². The molecule has 0 aromatic carbocycles. The lowest BCUT2D eigenvalue weighted by Crippen LogP contribution is -2.11. The van der Waals surface area contributed by atoms with Crippen molar-refractivity contribution >= 4 is 15.9 Å². The van der Waals surface area contributed by atoms with Gasteiger partial charge in [0.2, 0.25) is 5.95 Å². The molecule has 0 N–H and O–H groups in total. The van der Waals surface area contributed by atoms with Crippen LogP contribution in [0.25, 0.3) is 0 Å². The van der Waals surface area contributed by atoms with Gasteiger partial charge in [-0.05, 0) is 35.8 Å². The Morgan fingerprint density at radius 1 is 1.40 bits per heavy atom. The molecule has 0 aliphatic carbocycles. The van der Waals surface area contributed by atoms with Crippen LogP contribution in [0.5, 0.6) is 0 Å². The Bertz CT molecular complexity index is 316. The summed E-state index contributed by atoms with van der Waals surface area (Å²) in [5.41, 5.74) is 0.313. The van der Waals surface area contributed by atoms with Crippen molar-refractivity contribution in [1.82, 2.24) is 4.98 Å². The molecule has 0 spiro atoms. The first-order valence-electron chi connectivity index (χ1n) is 4.73. The Labute approximate surface area is 96.7 Å². The molecular weight excluding hydrogens is 265 g/mol. The van der Waals surface area contributed by atoms with Crippen LogP contribution in [0, 0.1) is 5.95 Å². The van der Waals surface area contributed by atoms with Crippen LogP contribution in [0.4, 0.5) is 4.39 Å². The van der Waals surface area contributed by atoms with E-state index in [1.165, 1.54) is 6.20 Å². The average Bonchev–Trinajstić information content (AvgIpc) is 2.21. The molecule has 15 heavy (non-hydrogen) atoms. The van der Waals surface area contributed by atoms with Gasteiger partial charge in [-0.3, -0.25) is 0 Å². The molecule has 0 atom stereocenters. The van der Waals surface area contributed by atoms with Crippen molar-refractivity contribution in [3.63, 3.8) is 0 Å². The Morgan fingerprint density at radius 2 is 2.00 bits per heavy atom. The van der Waals surface area contributed by atoms with Gasteiger partial charge in [-0.2, -0.15) is 4.39 Å². The van der Waals surface area contributed by atoms with Gasteiger partial charge in [-0.15, -0.1) is 0 Å². The average molecular weight is 278 g/mol. The maximum Gasteiger partial charge on any atom is 0.221 e. The minimum Gasteiger partial charge on any atom is -0.349 e. The van der Waals surface area contributed by atoms with E-state index in [1.54, 1.807) is 6.07 Å². The predicted molar refractivity (Wildman–Crippen MR) is 57.9 cm³/mol. The summed E-state index contributed by atoms with van der Waals surface area (Å²) >= 11 is 3.23. The van der Waals surface area contributed by atoms with Gasteiger partial charge in [0, 0.05) is 23.9 Å². The zero-order chi connectivity index (χ0) is 11.3. The number of halogens is 2. The van der Waals surface area contributed by atoms with Crippen molar-refractivity contribution in [2.24, 2.45) is 0 Å². The third-order valence-corrected chi connectivity index (χ3v) is 2.16. The van der Waals surface area contributed by atoms with Crippen LogP contribution >= 0.6 is 15.9 Å². The number of hydrogen-bond donors (Lipinski definition) is 0. The van der Waals surface area contributed by atoms with Crippen molar-refractivity contribution in [1.29, 1.82) is 0 Å². The van der Waals surface area contributed by atoms with Crippen molar-refractivity contribution in [2.45, 2.75) is 20.1 Å². The molecule has 5 heteroatoms. The number of ether oxygens (including phenoxy) is 2. The van der Waals surface area contributed by atoms with E-state index >= 15 is 0 Å². The topological polar surface area (TPSA) is 31.4 Å². The summed E-state index contributed by atoms with van der Waals surface area (Å²) in [7, 11) is 0. The fourth-order valence-corrected chi connectivity index (χ4v) is 1.48. The maximum absolute atomic E-state index is 13.4. The molecule has 3 nitrogen and oxygen atoms in total. The molecule has 1 heterocycles. The van der Waals surface area contributed by atoms with Crippen molar-refractivity contribution in [3.05, 3.63) is 28.2 Å². The molecule has 1 rings (SSSR count). The van der Waals surface area contributed by atoms with E-state index in [9.17, 15) is 4.39 Å². The molecule has 0 saturated carbocycles. The second-order valence-electron chi connectivity index (χ2n) is 2.78. The number of nitrogens with zero attached hydrogens (tertiary/aromatic N) is 1. The molecule has 1 aromatic heterocycles. The van der Waals surface area contributed by atoms with E-state index in [0.29, 0.717) is 23.2 Å². The van der Waals surface area contributed by atoms with E-state index in [0.717, 1.165) is 0 Å². The smallest absolute Gasteiger partial charge is 0.221 e. The molecular formula is C10H13BrFNO2. The molecule has 0 fully saturated rings. The lowest BCUT2D eigenvalue weighted by molar-refractivity contribution is -0.142. The SMILES string of the molecule is CCOC(OCC)c1cc(Br)cnc1F. The lowest BCUT2D eigenvalue weighted by Gasteiger charge is -2.17. The van der Waals surface area contributed by atoms with Crippen LogP contribution in [0.3, 0.4) is 0 Å². The Kier molecular flexibility index (Phi) is 5.14. The normalized spacial score (nSPS) is 11.0. The largest absolute Gasteiger partial charge is 0.349 e. The number of pyridine rings is 1. The van der Waals surface area contributed by atoms with Gasteiger partial charge >= 0.3 is 0 Å². The first kappa shape index (κ1) is 12.5. The van der Waals surface area contributed by atoms with Crippen LogP contribution in [-0.2, 0) is 9.47 Å². The first-order valence-corrected chi connectivity index (χ1v) is 5.52. The minimum absolute atomic E-state index is 0.313. The number of rotatable bonds is 5. The highest BCUT2D eigenvalue weighted by Crippen LogP contribution is 2.23. The number of aromatic nitrogens is 1. The monoisotopic (exact) mass is 277 g/mol. The second kappa shape index (κ2) is 6.15. The Hall–Kier alpha value is -0.520.